The number of rotatable bonds is 8. The van der Waals surface area contributed by atoms with E-state index in [0.717, 1.165) is 12.8 Å². The Labute approximate surface area is 115 Å². The summed E-state index contributed by atoms with van der Waals surface area (Å²) >= 11 is 0. The standard InChI is InChI=1S/C15H30OSi2/c1-9-11-13(17(3,4)5)15(16)14(12-10-2)18(6,7)8/h9-10,13-14H,1-2,11-12H2,3-8H3. The molecule has 0 heterocycles. The van der Waals surface area contributed by atoms with Gasteiger partial charge in [0.05, 0.1) is 16.1 Å². The third kappa shape index (κ3) is 5.06. The molecule has 0 N–H and O–H groups in total. The molecule has 0 amide bonds. The van der Waals surface area contributed by atoms with Gasteiger partial charge in [0.25, 0.3) is 0 Å². The molecule has 0 saturated carbocycles. The number of carbonyl (C=O) groups is 1. The van der Waals surface area contributed by atoms with E-state index >= 15 is 0 Å². The Morgan fingerprint density at radius 1 is 0.889 bits per heavy atom. The summed E-state index contributed by atoms with van der Waals surface area (Å²) in [5.41, 5.74) is 0.429. The van der Waals surface area contributed by atoms with Crippen molar-refractivity contribution in [2.75, 3.05) is 0 Å². The van der Waals surface area contributed by atoms with E-state index in [1.54, 1.807) is 0 Å². The van der Waals surface area contributed by atoms with Crippen molar-refractivity contribution in [3.05, 3.63) is 25.3 Å². The SMILES string of the molecule is C=CCC(C(=O)C(CC=C)[Si](C)(C)C)[Si](C)(C)C. The normalized spacial score (nSPS) is 15.9. The molecule has 2 unspecified atom stereocenters. The van der Waals surface area contributed by atoms with E-state index in [-0.39, 0.29) is 11.1 Å². The van der Waals surface area contributed by atoms with Gasteiger partial charge >= 0.3 is 0 Å². The topological polar surface area (TPSA) is 17.1 Å². The zero-order valence-electron chi connectivity index (χ0n) is 13.0. The number of Topliss-reactive ketones (excluding diaryl/α,β-unsaturated/α-hetero) is 1. The molecular weight excluding hydrogens is 252 g/mol. The Bertz CT molecular complexity index is 277. The molecule has 0 aliphatic rings. The van der Waals surface area contributed by atoms with E-state index in [9.17, 15) is 4.79 Å². The van der Waals surface area contributed by atoms with Gasteiger partial charge in [-0.1, -0.05) is 51.4 Å². The van der Waals surface area contributed by atoms with Crippen LogP contribution in [0.2, 0.25) is 50.4 Å². The van der Waals surface area contributed by atoms with Gasteiger partial charge in [0.15, 0.2) is 0 Å². The fraction of sp³-hybridized carbons (Fsp3) is 0.667. The van der Waals surface area contributed by atoms with Gasteiger partial charge in [-0.2, -0.15) is 0 Å². The van der Waals surface area contributed by atoms with Crippen molar-refractivity contribution in [2.45, 2.75) is 63.2 Å². The molecule has 0 aromatic carbocycles. The summed E-state index contributed by atoms with van der Waals surface area (Å²) in [5.74, 6) is 0.480. The summed E-state index contributed by atoms with van der Waals surface area (Å²) < 4.78 is 0. The Morgan fingerprint density at radius 3 is 1.33 bits per heavy atom. The smallest absolute Gasteiger partial charge is 0.134 e. The van der Waals surface area contributed by atoms with Crippen molar-refractivity contribution in [3.63, 3.8) is 0 Å². The Morgan fingerprint density at radius 2 is 1.17 bits per heavy atom. The van der Waals surface area contributed by atoms with Crippen LogP contribution in [0.3, 0.4) is 0 Å². The summed E-state index contributed by atoms with van der Waals surface area (Å²) in [5, 5.41) is 0. The lowest BCUT2D eigenvalue weighted by atomic mass is 10.1. The molecule has 0 saturated heterocycles. The highest BCUT2D eigenvalue weighted by molar-refractivity contribution is 6.85. The fourth-order valence-corrected chi connectivity index (χ4v) is 6.39. The molecule has 0 bridgehead atoms. The van der Waals surface area contributed by atoms with Crippen molar-refractivity contribution in [3.8, 4) is 0 Å². The zero-order chi connectivity index (χ0) is 14.6. The van der Waals surface area contributed by atoms with Crippen molar-refractivity contribution in [1.82, 2.24) is 0 Å². The number of hydrogen-bond donors (Lipinski definition) is 0. The molecule has 104 valence electrons. The maximum Gasteiger partial charge on any atom is 0.134 e. The van der Waals surface area contributed by atoms with Crippen molar-refractivity contribution < 1.29 is 4.79 Å². The highest BCUT2D eigenvalue weighted by Crippen LogP contribution is 2.37. The molecule has 3 heteroatoms. The summed E-state index contributed by atoms with van der Waals surface area (Å²) in [4.78, 5) is 12.9. The summed E-state index contributed by atoms with van der Waals surface area (Å²) in [6.45, 7) is 21.4. The van der Waals surface area contributed by atoms with Gasteiger partial charge < -0.3 is 0 Å². The molecule has 0 fully saturated rings. The average Bonchev–Trinajstić information content (AvgIpc) is 2.18. The molecule has 0 rings (SSSR count). The summed E-state index contributed by atoms with van der Waals surface area (Å²) in [7, 11) is -2.95. The van der Waals surface area contributed by atoms with Crippen molar-refractivity contribution in [2.24, 2.45) is 0 Å². The van der Waals surface area contributed by atoms with E-state index in [2.05, 4.69) is 52.4 Å². The van der Waals surface area contributed by atoms with Gasteiger partial charge in [-0.3, -0.25) is 4.79 Å². The van der Waals surface area contributed by atoms with Crippen LogP contribution in [0.4, 0.5) is 0 Å². The van der Waals surface area contributed by atoms with Crippen LogP contribution >= 0.6 is 0 Å². The molecule has 0 aromatic rings. The molecular formula is C15H30OSi2. The average molecular weight is 283 g/mol. The molecule has 0 spiro atoms. The quantitative estimate of drug-likeness (QED) is 0.446. The van der Waals surface area contributed by atoms with Crippen LogP contribution in [-0.4, -0.2) is 21.9 Å². The summed E-state index contributed by atoms with van der Waals surface area (Å²) in [6.07, 6.45) is 5.51. The van der Waals surface area contributed by atoms with Gasteiger partial charge in [0.1, 0.15) is 5.78 Å². The monoisotopic (exact) mass is 282 g/mol. The van der Waals surface area contributed by atoms with Crippen LogP contribution < -0.4 is 0 Å². The highest BCUT2D eigenvalue weighted by Gasteiger charge is 2.40. The first kappa shape index (κ1) is 17.6. The first-order chi connectivity index (χ1) is 8.05. The molecule has 0 aliphatic carbocycles. The van der Waals surface area contributed by atoms with Gasteiger partial charge in [0.2, 0.25) is 0 Å². The second-order valence-electron chi connectivity index (χ2n) is 7.29. The molecule has 0 aliphatic heterocycles. The predicted molar refractivity (Wildman–Crippen MR) is 88.8 cm³/mol. The summed E-state index contributed by atoms with van der Waals surface area (Å²) in [6, 6.07) is 0. The molecule has 0 radical (unpaired) electrons. The Kier molecular flexibility index (Phi) is 6.51. The third-order valence-electron chi connectivity index (χ3n) is 3.58. The predicted octanol–water partition coefficient (Wildman–Crippen LogP) is 5.12. The molecule has 18 heavy (non-hydrogen) atoms. The number of ketones is 1. The minimum Gasteiger partial charge on any atom is -0.300 e. The second-order valence-corrected chi connectivity index (χ2v) is 18.1. The van der Waals surface area contributed by atoms with Crippen LogP contribution in [0.25, 0.3) is 0 Å². The number of allylic oxidation sites excluding steroid dienone is 2. The van der Waals surface area contributed by atoms with E-state index in [1.165, 1.54) is 0 Å². The molecule has 1 nitrogen and oxygen atoms in total. The van der Waals surface area contributed by atoms with Crippen molar-refractivity contribution in [1.29, 1.82) is 0 Å². The maximum absolute atomic E-state index is 12.9. The van der Waals surface area contributed by atoms with Gasteiger partial charge in [-0.05, 0) is 12.8 Å². The van der Waals surface area contributed by atoms with Crippen molar-refractivity contribution >= 4 is 21.9 Å². The van der Waals surface area contributed by atoms with Crippen LogP contribution in [0, 0.1) is 0 Å². The van der Waals surface area contributed by atoms with Crippen LogP contribution in [0.15, 0.2) is 25.3 Å². The largest absolute Gasteiger partial charge is 0.300 e. The van der Waals surface area contributed by atoms with Crippen LogP contribution in [0.1, 0.15) is 12.8 Å². The maximum atomic E-state index is 12.9. The zero-order valence-corrected chi connectivity index (χ0v) is 15.0. The van der Waals surface area contributed by atoms with E-state index in [4.69, 9.17) is 0 Å². The van der Waals surface area contributed by atoms with Crippen LogP contribution in [-0.2, 0) is 4.79 Å². The number of hydrogen-bond acceptors (Lipinski definition) is 1. The lowest BCUT2D eigenvalue weighted by molar-refractivity contribution is -0.119. The first-order valence-corrected chi connectivity index (χ1v) is 14.0. The first-order valence-electron chi connectivity index (χ1n) is 6.81. The molecule has 0 aromatic heterocycles. The number of carbonyl (C=O) groups excluding carboxylic acids is 1. The third-order valence-corrected chi connectivity index (χ3v) is 8.80. The van der Waals surface area contributed by atoms with Gasteiger partial charge in [0, 0.05) is 11.1 Å². The highest BCUT2D eigenvalue weighted by atomic mass is 28.3. The van der Waals surface area contributed by atoms with E-state index < -0.39 is 16.1 Å². The Balaban J connectivity index is 5.26. The lowest BCUT2D eigenvalue weighted by Gasteiger charge is -2.35. The minimum atomic E-state index is -1.47. The fourth-order valence-electron chi connectivity index (χ4n) is 2.37. The van der Waals surface area contributed by atoms with Gasteiger partial charge in [-0.15, -0.1) is 13.2 Å². The minimum absolute atomic E-state index is 0.215. The van der Waals surface area contributed by atoms with Crippen LogP contribution in [0.5, 0.6) is 0 Å². The Hall–Kier alpha value is -0.416. The van der Waals surface area contributed by atoms with E-state index in [0.29, 0.717) is 5.78 Å². The van der Waals surface area contributed by atoms with E-state index in [1.807, 2.05) is 12.2 Å². The van der Waals surface area contributed by atoms with Gasteiger partial charge in [-0.25, -0.2) is 0 Å². The second kappa shape index (κ2) is 6.66. The molecule has 2 atom stereocenters. The lowest BCUT2D eigenvalue weighted by Crippen LogP contribution is -2.41.